The number of nitrogens with zero attached hydrogens (tertiary/aromatic N) is 2. The van der Waals surface area contributed by atoms with E-state index in [9.17, 15) is 9.18 Å². The number of hydrogen-bond acceptors (Lipinski definition) is 5. The summed E-state index contributed by atoms with van der Waals surface area (Å²) in [6, 6.07) is 21.6. The molecular formula is C24H18FN3O3. The van der Waals surface area contributed by atoms with Gasteiger partial charge in [-0.1, -0.05) is 30.3 Å². The standard InChI is InChI=1S/C24H18FN3O3/c1-30-21-10-2-3-11-22(21)31-23-14-20(26-15-27-23)16-6-4-7-17(12-16)24(29)28-19-9-5-8-18(25)13-19/h2-15H,1H3,(H,28,29). The number of methoxy groups -OCH3 is 1. The summed E-state index contributed by atoms with van der Waals surface area (Å²) < 4.78 is 24.5. The third-order valence-corrected chi connectivity index (χ3v) is 4.43. The van der Waals surface area contributed by atoms with E-state index in [0.29, 0.717) is 39.9 Å². The largest absolute Gasteiger partial charge is 0.493 e. The molecule has 4 aromatic rings. The van der Waals surface area contributed by atoms with E-state index in [1.807, 2.05) is 18.2 Å². The number of benzene rings is 3. The predicted molar refractivity (Wildman–Crippen MR) is 115 cm³/mol. The van der Waals surface area contributed by atoms with Gasteiger partial charge in [0.15, 0.2) is 11.5 Å². The van der Waals surface area contributed by atoms with Crippen molar-refractivity contribution in [3.05, 3.63) is 96.6 Å². The van der Waals surface area contributed by atoms with Crippen molar-refractivity contribution < 1.29 is 18.7 Å². The highest BCUT2D eigenvalue weighted by atomic mass is 19.1. The molecule has 4 rings (SSSR count). The Bertz CT molecular complexity index is 1230. The monoisotopic (exact) mass is 415 g/mol. The Morgan fingerprint density at radius 3 is 2.52 bits per heavy atom. The summed E-state index contributed by atoms with van der Waals surface area (Å²) in [6.45, 7) is 0. The fourth-order valence-corrected chi connectivity index (χ4v) is 2.96. The lowest BCUT2D eigenvalue weighted by atomic mass is 10.1. The van der Waals surface area contributed by atoms with E-state index >= 15 is 0 Å². The molecule has 1 heterocycles. The van der Waals surface area contributed by atoms with Crippen LogP contribution in [0.15, 0.2) is 85.2 Å². The van der Waals surface area contributed by atoms with Gasteiger partial charge in [0.05, 0.1) is 12.8 Å². The Labute approximate surface area is 178 Å². The number of para-hydroxylation sites is 2. The molecule has 0 aliphatic rings. The van der Waals surface area contributed by atoms with Crippen molar-refractivity contribution in [1.29, 1.82) is 0 Å². The first kappa shape index (κ1) is 20.0. The molecule has 154 valence electrons. The summed E-state index contributed by atoms with van der Waals surface area (Å²) in [5.74, 6) is 0.669. The minimum atomic E-state index is -0.421. The van der Waals surface area contributed by atoms with E-state index in [4.69, 9.17) is 9.47 Å². The summed E-state index contributed by atoms with van der Waals surface area (Å²) in [7, 11) is 1.56. The Kier molecular flexibility index (Phi) is 5.84. The first-order valence-electron chi connectivity index (χ1n) is 9.42. The van der Waals surface area contributed by atoms with Crippen molar-refractivity contribution in [2.24, 2.45) is 0 Å². The summed E-state index contributed by atoms with van der Waals surface area (Å²) in [5, 5.41) is 2.68. The van der Waals surface area contributed by atoms with Crippen LogP contribution in [0.3, 0.4) is 0 Å². The van der Waals surface area contributed by atoms with Crippen molar-refractivity contribution in [2.45, 2.75) is 0 Å². The average Bonchev–Trinajstić information content (AvgIpc) is 2.80. The maximum atomic E-state index is 13.4. The van der Waals surface area contributed by atoms with Gasteiger partial charge in [-0.2, -0.15) is 0 Å². The van der Waals surface area contributed by atoms with Crippen LogP contribution >= 0.6 is 0 Å². The number of rotatable bonds is 6. The van der Waals surface area contributed by atoms with Gasteiger partial charge in [-0.3, -0.25) is 4.79 Å². The van der Waals surface area contributed by atoms with Crippen molar-refractivity contribution in [3.8, 4) is 28.6 Å². The van der Waals surface area contributed by atoms with Gasteiger partial charge in [-0.15, -0.1) is 0 Å². The van der Waals surface area contributed by atoms with Gasteiger partial charge in [0, 0.05) is 22.9 Å². The number of ether oxygens (including phenoxy) is 2. The maximum Gasteiger partial charge on any atom is 0.255 e. The zero-order chi connectivity index (χ0) is 21.6. The Balaban J connectivity index is 1.56. The summed E-state index contributed by atoms with van der Waals surface area (Å²) in [6.07, 6.45) is 1.39. The summed E-state index contributed by atoms with van der Waals surface area (Å²) in [5.41, 5.74) is 2.08. The van der Waals surface area contributed by atoms with Gasteiger partial charge in [0.2, 0.25) is 5.88 Å². The zero-order valence-electron chi connectivity index (χ0n) is 16.6. The molecule has 0 aliphatic carbocycles. The van der Waals surface area contributed by atoms with E-state index in [-0.39, 0.29) is 5.91 Å². The van der Waals surface area contributed by atoms with Crippen molar-refractivity contribution in [3.63, 3.8) is 0 Å². The number of hydrogen-bond donors (Lipinski definition) is 1. The van der Waals surface area contributed by atoms with E-state index in [0.717, 1.165) is 0 Å². The molecule has 0 saturated carbocycles. The second kappa shape index (κ2) is 9.04. The van der Waals surface area contributed by atoms with Gasteiger partial charge in [-0.25, -0.2) is 14.4 Å². The number of amides is 1. The van der Waals surface area contributed by atoms with Crippen LogP contribution in [0.1, 0.15) is 10.4 Å². The molecule has 1 aromatic heterocycles. The van der Waals surface area contributed by atoms with E-state index in [2.05, 4.69) is 15.3 Å². The second-order valence-electron chi connectivity index (χ2n) is 6.54. The number of carbonyl (C=O) groups excluding carboxylic acids is 1. The lowest BCUT2D eigenvalue weighted by Gasteiger charge is -2.10. The molecule has 1 N–H and O–H groups in total. The van der Waals surface area contributed by atoms with Crippen LogP contribution in [0, 0.1) is 5.82 Å². The molecule has 0 aliphatic heterocycles. The van der Waals surface area contributed by atoms with Crippen LogP contribution in [0.4, 0.5) is 10.1 Å². The van der Waals surface area contributed by atoms with Gasteiger partial charge in [-0.05, 0) is 42.5 Å². The molecule has 31 heavy (non-hydrogen) atoms. The van der Waals surface area contributed by atoms with E-state index in [1.54, 1.807) is 49.6 Å². The average molecular weight is 415 g/mol. The van der Waals surface area contributed by atoms with Crippen molar-refractivity contribution in [1.82, 2.24) is 9.97 Å². The second-order valence-corrected chi connectivity index (χ2v) is 6.54. The Morgan fingerprint density at radius 1 is 0.903 bits per heavy atom. The van der Waals surface area contributed by atoms with Gasteiger partial charge < -0.3 is 14.8 Å². The normalized spacial score (nSPS) is 10.4. The Hall–Kier alpha value is -4.26. The van der Waals surface area contributed by atoms with Crippen LogP contribution in [0.25, 0.3) is 11.3 Å². The molecule has 0 radical (unpaired) electrons. The van der Waals surface area contributed by atoms with Crippen LogP contribution < -0.4 is 14.8 Å². The number of anilines is 1. The molecule has 0 atom stereocenters. The fraction of sp³-hybridized carbons (Fsp3) is 0.0417. The van der Waals surface area contributed by atoms with Crippen molar-refractivity contribution in [2.75, 3.05) is 12.4 Å². The number of carbonyl (C=O) groups is 1. The van der Waals surface area contributed by atoms with E-state index in [1.165, 1.54) is 24.5 Å². The minimum absolute atomic E-state index is 0.337. The summed E-state index contributed by atoms with van der Waals surface area (Å²) >= 11 is 0. The lowest BCUT2D eigenvalue weighted by molar-refractivity contribution is 0.102. The summed E-state index contributed by atoms with van der Waals surface area (Å²) in [4.78, 5) is 21.0. The van der Waals surface area contributed by atoms with Crippen LogP contribution in [0.5, 0.6) is 17.4 Å². The molecule has 0 bridgehead atoms. The molecule has 7 heteroatoms. The lowest BCUT2D eigenvalue weighted by Crippen LogP contribution is -2.12. The minimum Gasteiger partial charge on any atom is -0.493 e. The molecule has 1 amide bonds. The smallest absolute Gasteiger partial charge is 0.255 e. The third-order valence-electron chi connectivity index (χ3n) is 4.43. The molecule has 0 spiro atoms. The third kappa shape index (κ3) is 4.84. The van der Waals surface area contributed by atoms with Crippen LogP contribution in [-0.4, -0.2) is 23.0 Å². The first-order valence-corrected chi connectivity index (χ1v) is 9.42. The number of aromatic nitrogens is 2. The SMILES string of the molecule is COc1ccccc1Oc1cc(-c2cccc(C(=O)Nc3cccc(F)c3)c2)ncn1. The highest BCUT2D eigenvalue weighted by Crippen LogP contribution is 2.31. The predicted octanol–water partition coefficient (Wildman–Crippen LogP) is 5.34. The maximum absolute atomic E-state index is 13.4. The number of halogens is 1. The highest BCUT2D eigenvalue weighted by Gasteiger charge is 2.11. The molecule has 0 fully saturated rings. The van der Waals surface area contributed by atoms with Crippen LogP contribution in [-0.2, 0) is 0 Å². The van der Waals surface area contributed by atoms with E-state index < -0.39 is 5.82 Å². The van der Waals surface area contributed by atoms with Crippen molar-refractivity contribution >= 4 is 11.6 Å². The molecule has 3 aromatic carbocycles. The van der Waals surface area contributed by atoms with Gasteiger partial charge in [0.1, 0.15) is 12.1 Å². The molecular weight excluding hydrogens is 397 g/mol. The first-order chi connectivity index (χ1) is 15.1. The van der Waals surface area contributed by atoms with Gasteiger partial charge in [0.25, 0.3) is 5.91 Å². The fourth-order valence-electron chi connectivity index (χ4n) is 2.96. The quantitative estimate of drug-likeness (QED) is 0.460. The topological polar surface area (TPSA) is 73.3 Å². The van der Waals surface area contributed by atoms with Gasteiger partial charge >= 0.3 is 0 Å². The van der Waals surface area contributed by atoms with Crippen LogP contribution in [0.2, 0.25) is 0 Å². The highest BCUT2D eigenvalue weighted by molar-refractivity contribution is 6.04. The zero-order valence-corrected chi connectivity index (χ0v) is 16.6. The Morgan fingerprint density at radius 2 is 1.71 bits per heavy atom. The molecule has 6 nitrogen and oxygen atoms in total. The molecule has 0 unspecified atom stereocenters. The number of nitrogens with one attached hydrogen (secondary N) is 1. The molecule has 0 saturated heterocycles.